The van der Waals surface area contributed by atoms with Crippen LogP contribution in [-0.4, -0.2) is 5.91 Å². The highest BCUT2D eigenvalue weighted by Crippen LogP contribution is 2.12. The summed E-state index contributed by atoms with van der Waals surface area (Å²) in [4.78, 5) is 10.2. The topological polar surface area (TPSA) is 76.1 Å². The highest BCUT2D eigenvalue weighted by atomic mass is 16.4. The molecule has 0 fully saturated rings. The van der Waals surface area contributed by atoms with Crippen molar-refractivity contribution in [2.75, 3.05) is 0 Å². The van der Waals surface area contributed by atoms with Gasteiger partial charge in [-0.2, -0.15) is 0 Å². The SMILES string of the molecule is NC(=O)c1cc([O])co1. The van der Waals surface area contributed by atoms with Crippen LogP contribution in [0.15, 0.2) is 16.7 Å². The molecule has 0 unspecified atom stereocenters. The Kier molecular flexibility index (Phi) is 1.14. The molecule has 2 N–H and O–H groups in total. The van der Waals surface area contributed by atoms with Gasteiger partial charge >= 0.3 is 0 Å². The predicted octanol–water partition coefficient (Wildman–Crippen LogP) is 0.522. The Bertz CT molecular complexity index is 228. The van der Waals surface area contributed by atoms with Crippen LogP contribution >= 0.6 is 0 Å². The third kappa shape index (κ3) is 1.02. The van der Waals surface area contributed by atoms with Gasteiger partial charge in [-0.05, 0) is 0 Å². The monoisotopic (exact) mass is 126 g/mol. The van der Waals surface area contributed by atoms with E-state index in [9.17, 15) is 9.90 Å². The third-order valence-corrected chi connectivity index (χ3v) is 0.818. The summed E-state index contributed by atoms with van der Waals surface area (Å²) in [5.41, 5.74) is 4.76. The van der Waals surface area contributed by atoms with Gasteiger partial charge in [-0.25, -0.2) is 0 Å². The first-order valence-corrected chi connectivity index (χ1v) is 2.25. The minimum Gasteiger partial charge on any atom is -0.455 e. The number of furan rings is 1. The Morgan fingerprint density at radius 1 is 1.67 bits per heavy atom. The van der Waals surface area contributed by atoms with Gasteiger partial charge in [-0.1, -0.05) is 0 Å². The van der Waals surface area contributed by atoms with E-state index >= 15 is 0 Å². The van der Waals surface area contributed by atoms with E-state index in [2.05, 4.69) is 4.42 Å². The van der Waals surface area contributed by atoms with E-state index in [-0.39, 0.29) is 11.5 Å². The summed E-state index contributed by atoms with van der Waals surface area (Å²) >= 11 is 0. The molecule has 1 aromatic heterocycles. The molecule has 1 aromatic rings. The molecule has 0 saturated carbocycles. The van der Waals surface area contributed by atoms with Gasteiger partial charge in [-0.3, -0.25) is 9.90 Å². The second-order valence-electron chi connectivity index (χ2n) is 1.51. The van der Waals surface area contributed by atoms with Gasteiger partial charge in [0.1, 0.15) is 6.26 Å². The van der Waals surface area contributed by atoms with Gasteiger partial charge in [0, 0.05) is 6.07 Å². The second-order valence-corrected chi connectivity index (χ2v) is 1.51. The minimum atomic E-state index is -0.725. The molecule has 0 aliphatic rings. The van der Waals surface area contributed by atoms with Crippen LogP contribution in [0, 0.1) is 0 Å². The predicted molar refractivity (Wildman–Crippen MR) is 27.4 cm³/mol. The first kappa shape index (κ1) is 5.68. The van der Waals surface area contributed by atoms with E-state index in [0.29, 0.717) is 0 Å². The quantitative estimate of drug-likeness (QED) is 0.595. The summed E-state index contributed by atoms with van der Waals surface area (Å²) in [6.07, 6.45) is 0.931. The molecule has 1 rings (SSSR count). The Balaban J connectivity index is 2.98. The lowest BCUT2D eigenvalue weighted by molar-refractivity contribution is 0.0974. The fourth-order valence-corrected chi connectivity index (χ4v) is 0.448. The lowest BCUT2D eigenvalue weighted by Gasteiger charge is -1.80. The third-order valence-electron chi connectivity index (χ3n) is 0.818. The molecule has 0 aromatic carbocycles. The van der Waals surface area contributed by atoms with E-state index < -0.39 is 5.91 Å². The number of rotatable bonds is 1. The van der Waals surface area contributed by atoms with Crippen molar-refractivity contribution < 1.29 is 14.3 Å². The van der Waals surface area contributed by atoms with Crippen molar-refractivity contribution in [3.05, 3.63) is 18.1 Å². The number of carbonyl (C=O) groups excluding carboxylic acids is 1. The lowest BCUT2D eigenvalue weighted by Crippen LogP contribution is -2.08. The Morgan fingerprint density at radius 3 is 2.56 bits per heavy atom. The zero-order valence-corrected chi connectivity index (χ0v) is 4.46. The molecular weight excluding hydrogens is 122 g/mol. The molecule has 1 radical (unpaired) electrons. The summed E-state index contributed by atoms with van der Waals surface area (Å²) in [5, 5.41) is 10.3. The first-order chi connectivity index (χ1) is 4.20. The summed E-state index contributed by atoms with van der Waals surface area (Å²) in [6, 6.07) is 1.04. The second kappa shape index (κ2) is 1.81. The minimum absolute atomic E-state index is 0.0972. The van der Waals surface area contributed by atoms with E-state index in [1.807, 2.05) is 0 Å². The highest BCUT2D eigenvalue weighted by molar-refractivity contribution is 5.90. The molecule has 1 heterocycles. The van der Waals surface area contributed by atoms with Crippen molar-refractivity contribution in [3.63, 3.8) is 0 Å². The summed E-state index contributed by atoms with van der Waals surface area (Å²) < 4.78 is 4.44. The molecule has 4 nitrogen and oxygen atoms in total. The Hall–Kier alpha value is -1.45. The summed E-state index contributed by atoms with van der Waals surface area (Å²) in [6.45, 7) is 0. The average Bonchev–Trinajstić information content (AvgIpc) is 2.14. The van der Waals surface area contributed by atoms with E-state index in [4.69, 9.17) is 5.73 Å². The lowest BCUT2D eigenvalue weighted by atomic mass is 10.4. The number of hydrogen-bond acceptors (Lipinski definition) is 2. The van der Waals surface area contributed by atoms with Crippen molar-refractivity contribution in [2.45, 2.75) is 0 Å². The van der Waals surface area contributed by atoms with E-state index in [0.717, 1.165) is 12.3 Å². The number of carbonyl (C=O) groups is 1. The number of hydrogen-bond donors (Lipinski definition) is 1. The van der Waals surface area contributed by atoms with Gasteiger partial charge in [0.05, 0.1) is 0 Å². The van der Waals surface area contributed by atoms with Gasteiger partial charge in [0.2, 0.25) is 5.75 Å². The maximum absolute atomic E-state index is 10.3. The fraction of sp³-hybridized carbons (Fsp3) is 0. The zero-order chi connectivity index (χ0) is 6.85. The Labute approximate surface area is 50.9 Å². The molecule has 47 valence electrons. The van der Waals surface area contributed by atoms with E-state index in [1.54, 1.807) is 0 Å². The molecule has 0 atom stereocenters. The fourth-order valence-electron chi connectivity index (χ4n) is 0.448. The maximum atomic E-state index is 10.3. The van der Waals surface area contributed by atoms with Crippen LogP contribution in [0.3, 0.4) is 0 Å². The molecule has 4 heteroatoms. The first-order valence-electron chi connectivity index (χ1n) is 2.25. The van der Waals surface area contributed by atoms with Crippen LogP contribution < -0.4 is 5.73 Å². The van der Waals surface area contributed by atoms with Gasteiger partial charge in [0.25, 0.3) is 5.91 Å². The molecule has 0 aliphatic heterocycles. The van der Waals surface area contributed by atoms with Gasteiger partial charge < -0.3 is 10.2 Å². The zero-order valence-electron chi connectivity index (χ0n) is 4.46. The molecular formula is C5H4NO3. The standard InChI is InChI=1S/C5H4NO3/c6-5(8)4-1-3(7)2-9-4/h1-2H,(H2,6,8). The molecule has 1 amide bonds. The normalized spacial score (nSPS) is 9.33. The number of nitrogens with two attached hydrogens (primary N) is 1. The molecule has 9 heavy (non-hydrogen) atoms. The van der Waals surface area contributed by atoms with Crippen molar-refractivity contribution in [1.82, 2.24) is 0 Å². The Morgan fingerprint density at radius 2 is 2.33 bits per heavy atom. The maximum Gasteiger partial charge on any atom is 0.284 e. The highest BCUT2D eigenvalue weighted by Gasteiger charge is 2.05. The van der Waals surface area contributed by atoms with Gasteiger partial charge in [-0.15, -0.1) is 0 Å². The summed E-state index contributed by atoms with van der Waals surface area (Å²) in [5.74, 6) is -1.17. The van der Waals surface area contributed by atoms with Gasteiger partial charge in [0.15, 0.2) is 5.76 Å². The molecule has 0 aliphatic carbocycles. The van der Waals surface area contributed by atoms with Crippen molar-refractivity contribution in [3.8, 4) is 5.75 Å². The van der Waals surface area contributed by atoms with Crippen LogP contribution in [0.4, 0.5) is 0 Å². The van der Waals surface area contributed by atoms with Crippen LogP contribution in [0.25, 0.3) is 0 Å². The smallest absolute Gasteiger partial charge is 0.284 e. The molecule has 0 bridgehead atoms. The van der Waals surface area contributed by atoms with Crippen LogP contribution in [0.2, 0.25) is 0 Å². The van der Waals surface area contributed by atoms with Crippen LogP contribution in [0.5, 0.6) is 5.75 Å². The average molecular weight is 126 g/mol. The number of primary amides is 1. The van der Waals surface area contributed by atoms with E-state index in [1.165, 1.54) is 0 Å². The molecule has 0 spiro atoms. The van der Waals surface area contributed by atoms with Crippen LogP contribution in [-0.2, 0) is 5.11 Å². The van der Waals surface area contributed by atoms with Crippen LogP contribution in [0.1, 0.15) is 10.6 Å². The molecule has 0 saturated heterocycles. The van der Waals surface area contributed by atoms with Crippen molar-refractivity contribution in [1.29, 1.82) is 0 Å². The summed E-state index contributed by atoms with van der Waals surface area (Å²) in [7, 11) is 0. The number of amides is 1. The largest absolute Gasteiger partial charge is 0.455 e. The van der Waals surface area contributed by atoms with Crippen molar-refractivity contribution in [2.24, 2.45) is 5.73 Å². The van der Waals surface area contributed by atoms with Crippen molar-refractivity contribution >= 4 is 5.91 Å².